The Morgan fingerprint density at radius 2 is 1.20 bits per heavy atom. The molecule has 2 heterocycles. The quantitative estimate of drug-likeness (QED) is 0.183. The number of rotatable bonds is 6. The van der Waals surface area contributed by atoms with E-state index in [1.807, 2.05) is 13.8 Å². The Labute approximate surface area is 325 Å². The van der Waals surface area contributed by atoms with Crippen LogP contribution in [0.3, 0.4) is 0 Å². The van der Waals surface area contributed by atoms with E-state index in [9.17, 15) is 0 Å². The monoisotopic (exact) mass is 810 g/mol. The van der Waals surface area contributed by atoms with Crippen molar-refractivity contribution in [1.29, 1.82) is 0 Å². The van der Waals surface area contributed by atoms with Gasteiger partial charge in [0.1, 0.15) is 23.4 Å². The second-order valence-electron chi connectivity index (χ2n) is 15.5. The fourth-order valence-corrected chi connectivity index (χ4v) is 17.8. The standard InChI is InChI=1S/C40H50O2Si.C2H6.2CH3.2ClH.Zr/c1-43(2,39-31-19-11-9-17-29(31)25-33(39)37-23-21-35(41-37)27-13-5-3-6-14-27)40-32-20-12-10-18-30(32)26-34(40)38-24-22-36(42-38)28-15-7-4-8-16-28;1-2;;;;;/h3-8,13-16,21-23,29-34,38-40H,9-12,17-20,24-26H2,1-2H3;1-2H3;2*1H3;2*1H;/q;;2*-1;;;+4/p-2/t29?,30?,31?,32?,33?,34?,38-,39?,40?;;;;;;/m1....../s1. The summed E-state index contributed by atoms with van der Waals surface area (Å²) in [6.07, 6.45) is 18.1. The first kappa shape index (κ1) is 41.7. The van der Waals surface area contributed by atoms with Crippen molar-refractivity contribution < 1.29 is 30.0 Å². The third-order valence-corrected chi connectivity index (χ3v) is 18.1. The molecule has 5 aliphatic rings. The molecule has 0 N–H and O–H groups in total. The zero-order valence-electron chi connectivity index (χ0n) is 31.6. The van der Waals surface area contributed by atoms with Crippen LogP contribution in [-0.4, -0.2) is 14.2 Å². The van der Waals surface area contributed by atoms with Crippen molar-refractivity contribution in [3.8, 4) is 11.3 Å². The van der Waals surface area contributed by atoms with Gasteiger partial charge in [-0.05, 0) is 71.7 Å². The molecule has 4 aliphatic carbocycles. The molecule has 9 atom stereocenters. The number of benzene rings is 2. The van der Waals surface area contributed by atoms with Gasteiger partial charge >= 0.3 is 37.9 Å². The van der Waals surface area contributed by atoms with Gasteiger partial charge in [-0.15, -0.1) is 0 Å². The molecule has 0 spiro atoms. The molecule has 272 valence electrons. The van der Waals surface area contributed by atoms with Gasteiger partial charge in [-0.3, -0.25) is 0 Å². The Balaban J connectivity index is 0.000000764. The van der Waals surface area contributed by atoms with Crippen LogP contribution in [-0.2, 0) is 25.6 Å². The first-order valence-corrected chi connectivity index (χ1v) is 28.5. The third-order valence-electron chi connectivity index (χ3n) is 13.0. The minimum absolute atomic E-state index is 0. The van der Waals surface area contributed by atoms with E-state index in [2.05, 4.69) is 92.0 Å². The van der Waals surface area contributed by atoms with Gasteiger partial charge in [0, 0.05) is 23.5 Å². The number of fused-ring (bicyclic) bond motifs is 2. The number of ether oxygens (including phenoxy) is 1. The van der Waals surface area contributed by atoms with E-state index in [1.54, 1.807) is 0 Å². The summed E-state index contributed by atoms with van der Waals surface area (Å²) in [6, 6.07) is 26.2. The van der Waals surface area contributed by atoms with Crippen LogP contribution in [0.25, 0.3) is 17.1 Å². The molecule has 0 amide bonds. The van der Waals surface area contributed by atoms with E-state index >= 15 is 0 Å². The van der Waals surface area contributed by atoms with E-state index in [4.69, 9.17) is 26.2 Å². The van der Waals surface area contributed by atoms with Gasteiger partial charge in [-0.1, -0.05) is 139 Å². The third kappa shape index (κ3) is 8.66. The van der Waals surface area contributed by atoms with Crippen LogP contribution in [0.4, 0.5) is 0 Å². The maximum absolute atomic E-state index is 6.96. The van der Waals surface area contributed by atoms with Crippen LogP contribution in [0.1, 0.15) is 102 Å². The molecule has 8 unspecified atom stereocenters. The zero-order valence-corrected chi connectivity index (χ0v) is 36.5. The molecular weight excluding hydrogens is 751 g/mol. The molecule has 0 bridgehead atoms. The SMILES string of the molecule is CC.C[Si](C)(C1C(c2ccc(-c3ccccc3)o2)CC2CCCCC21)C1C2CCCCC2CC1[C@H]1CC=C(c2ccccc2)O1.[CH3-].[CH3-].[Cl][Zr+2][Cl]. The summed E-state index contributed by atoms with van der Waals surface area (Å²) >= 11 is -0.826. The molecule has 8 rings (SSSR count). The van der Waals surface area contributed by atoms with Crippen LogP contribution in [0.2, 0.25) is 24.2 Å². The van der Waals surface area contributed by atoms with Crippen molar-refractivity contribution in [1.82, 2.24) is 0 Å². The van der Waals surface area contributed by atoms with Crippen molar-refractivity contribution in [2.75, 3.05) is 0 Å². The van der Waals surface area contributed by atoms with E-state index in [0.29, 0.717) is 17.9 Å². The number of hydrogen-bond acceptors (Lipinski definition) is 2. The molecule has 2 nitrogen and oxygen atoms in total. The summed E-state index contributed by atoms with van der Waals surface area (Å²) in [5.74, 6) is 8.35. The van der Waals surface area contributed by atoms with Crippen molar-refractivity contribution in [3.63, 3.8) is 0 Å². The van der Waals surface area contributed by atoms with Crippen LogP contribution in [0.5, 0.6) is 0 Å². The van der Waals surface area contributed by atoms with Gasteiger partial charge in [0.05, 0.1) is 8.07 Å². The average molecular weight is 813 g/mol. The molecular formula is C44H62Cl2O2SiZr. The fourth-order valence-electron chi connectivity index (χ4n) is 11.5. The van der Waals surface area contributed by atoms with Gasteiger partial charge in [-0.25, -0.2) is 0 Å². The molecule has 4 fully saturated rings. The Morgan fingerprint density at radius 1 is 0.660 bits per heavy atom. The summed E-state index contributed by atoms with van der Waals surface area (Å²) in [4.78, 5) is 0. The number of furan rings is 1. The van der Waals surface area contributed by atoms with E-state index in [0.717, 1.165) is 52.7 Å². The van der Waals surface area contributed by atoms with Crippen LogP contribution >= 0.6 is 17.0 Å². The summed E-state index contributed by atoms with van der Waals surface area (Å²) in [5, 5.41) is 0. The first-order valence-electron chi connectivity index (χ1n) is 19.0. The van der Waals surface area contributed by atoms with Gasteiger partial charge in [0.25, 0.3) is 0 Å². The zero-order chi connectivity index (χ0) is 33.7. The summed E-state index contributed by atoms with van der Waals surface area (Å²) in [5.41, 5.74) is 4.12. The topological polar surface area (TPSA) is 22.4 Å². The van der Waals surface area contributed by atoms with Gasteiger partial charge in [0.15, 0.2) is 0 Å². The molecule has 0 saturated heterocycles. The second-order valence-corrected chi connectivity index (χ2v) is 24.2. The summed E-state index contributed by atoms with van der Waals surface area (Å²) in [6.45, 7) is 9.69. The Hall–Kier alpha value is -1.06. The molecule has 0 radical (unpaired) electrons. The molecule has 2 aromatic carbocycles. The fraction of sp³-hybridized carbons (Fsp3) is 0.545. The van der Waals surface area contributed by atoms with Crippen LogP contribution in [0, 0.1) is 44.4 Å². The van der Waals surface area contributed by atoms with Crippen molar-refractivity contribution in [2.24, 2.45) is 29.6 Å². The van der Waals surface area contributed by atoms with Crippen LogP contribution < -0.4 is 0 Å². The van der Waals surface area contributed by atoms with E-state index in [-0.39, 0.29) is 14.9 Å². The van der Waals surface area contributed by atoms with Gasteiger partial charge in [-0.2, -0.15) is 0 Å². The van der Waals surface area contributed by atoms with E-state index in [1.165, 1.54) is 81.1 Å². The first-order chi connectivity index (χ1) is 23.5. The van der Waals surface area contributed by atoms with Crippen molar-refractivity contribution in [2.45, 2.75) is 121 Å². The number of halogens is 2. The van der Waals surface area contributed by atoms with Gasteiger partial charge in [0.2, 0.25) is 0 Å². The molecule has 50 heavy (non-hydrogen) atoms. The summed E-state index contributed by atoms with van der Waals surface area (Å²) in [7, 11) is 8.10. The number of hydrogen-bond donors (Lipinski definition) is 0. The average Bonchev–Trinajstić information content (AvgIpc) is 3.94. The normalized spacial score (nSPS) is 31.0. The molecule has 1 aromatic heterocycles. The van der Waals surface area contributed by atoms with E-state index < -0.39 is 28.9 Å². The van der Waals surface area contributed by atoms with Crippen LogP contribution in [0.15, 0.2) is 83.3 Å². The minimum atomic E-state index is -1.76. The molecule has 4 saturated carbocycles. The maximum atomic E-state index is 6.96. The summed E-state index contributed by atoms with van der Waals surface area (Å²) < 4.78 is 13.8. The Bertz CT molecular complexity index is 1460. The molecule has 1 aliphatic heterocycles. The van der Waals surface area contributed by atoms with Crippen molar-refractivity contribution >= 4 is 30.9 Å². The predicted octanol–water partition coefficient (Wildman–Crippen LogP) is 14.6. The Morgan fingerprint density at radius 3 is 1.82 bits per heavy atom. The van der Waals surface area contributed by atoms with Crippen molar-refractivity contribution in [3.05, 3.63) is 105 Å². The second kappa shape index (κ2) is 19.3. The van der Waals surface area contributed by atoms with Gasteiger partial charge < -0.3 is 24.0 Å². The predicted molar refractivity (Wildman–Crippen MR) is 215 cm³/mol. The Kier molecular flexibility index (Phi) is 16.1. The molecule has 3 aromatic rings. The molecule has 6 heteroatoms.